The van der Waals surface area contributed by atoms with E-state index in [1.807, 2.05) is 6.07 Å². The smallest absolute Gasteiger partial charge is 0.211 e. The van der Waals surface area contributed by atoms with Crippen LogP contribution < -0.4 is 10.0 Å². The summed E-state index contributed by atoms with van der Waals surface area (Å²) in [6.45, 7) is 1.90. The van der Waals surface area contributed by atoms with Crippen LogP contribution in [0.2, 0.25) is 0 Å². The maximum absolute atomic E-state index is 12.1. The first-order valence-electron chi connectivity index (χ1n) is 8.18. The molecule has 0 saturated carbocycles. The number of hydrogen-bond donors (Lipinski definition) is 2. The lowest BCUT2D eigenvalue weighted by Gasteiger charge is -2.17. The SMILES string of the molecule is O=S1(=O)CCC(CCS(=O)(=O)NCc2cnc3c(c2)CNCC3)C1. The Kier molecular flexibility index (Phi) is 5.24. The highest BCUT2D eigenvalue weighted by Gasteiger charge is 2.28. The molecule has 134 valence electrons. The van der Waals surface area contributed by atoms with Gasteiger partial charge in [-0.05, 0) is 36.0 Å². The lowest BCUT2D eigenvalue weighted by atomic mass is 10.1. The van der Waals surface area contributed by atoms with Crippen LogP contribution in [0.3, 0.4) is 0 Å². The summed E-state index contributed by atoms with van der Waals surface area (Å²) in [5.41, 5.74) is 3.03. The van der Waals surface area contributed by atoms with Gasteiger partial charge in [0.15, 0.2) is 9.84 Å². The van der Waals surface area contributed by atoms with E-state index in [1.165, 1.54) is 0 Å². The van der Waals surface area contributed by atoms with Gasteiger partial charge in [-0.1, -0.05) is 0 Å². The molecular formula is C15H23N3O4S2. The molecule has 2 aliphatic heterocycles. The third kappa shape index (κ3) is 4.75. The Hall–Kier alpha value is -1.03. The first-order valence-corrected chi connectivity index (χ1v) is 11.7. The lowest BCUT2D eigenvalue weighted by Crippen LogP contribution is -2.28. The topological polar surface area (TPSA) is 105 Å². The van der Waals surface area contributed by atoms with Crippen molar-refractivity contribution in [2.75, 3.05) is 23.8 Å². The summed E-state index contributed by atoms with van der Waals surface area (Å²) >= 11 is 0. The molecule has 1 saturated heterocycles. The highest BCUT2D eigenvalue weighted by molar-refractivity contribution is 7.91. The average Bonchev–Trinajstić information content (AvgIpc) is 2.90. The Morgan fingerprint density at radius 3 is 2.96 bits per heavy atom. The summed E-state index contributed by atoms with van der Waals surface area (Å²) in [4.78, 5) is 4.40. The molecule has 1 unspecified atom stereocenters. The maximum atomic E-state index is 12.1. The standard InChI is InChI=1S/C15H23N3O4S2/c19-23(20)5-2-12(11-23)3-6-24(21,22)18-9-13-7-14-10-16-4-1-15(14)17-8-13/h7-8,12,16,18H,1-6,9-11H2. The Balaban J connectivity index is 1.52. The quantitative estimate of drug-likeness (QED) is 0.726. The molecule has 0 aliphatic carbocycles. The van der Waals surface area contributed by atoms with Crippen molar-refractivity contribution >= 4 is 19.9 Å². The second-order valence-corrected chi connectivity index (χ2v) is 10.7. The molecule has 0 spiro atoms. The fourth-order valence-electron chi connectivity index (χ4n) is 3.18. The third-order valence-corrected chi connectivity index (χ3v) is 7.78. The molecule has 0 radical (unpaired) electrons. The predicted molar refractivity (Wildman–Crippen MR) is 91.7 cm³/mol. The van der Waals surface area contributed by atoms with Crippen molar-refractivity contribution in [1.82, 2.24) is 15.0 Å². The summed E-state index contributed by atoms with van der Waals surface area (Å²) in [6, 6.07) is 1.99. The highest BCUT2D eigenvalue weighted by atomic mass is 32.2. The number of nitrogens with one attached hydrogen (secondary N) is 2. The Labute approximate surface area is 143 Å². The zero-order valence-corrected chi connectivity index (χ0v) is 15.1. The van der Waals surface area contributed by atoms with Gasteiger partial charge in [0.05, 0.1) is 17.3 Å². The van der Waals surface area contributed by atoms with E-state index in [1.54, 1.807) is 6.20 Å². The van der Waals surface area contributed by atoms with E-state index in [9.17, 15) is 16.8 Å². The van der Waals surface area contributed by atoms with Gasteiger partial charge in [0.1, 0.15) is 0 Å². The fourth-order valence-corrected chi connectivity index (χ4v) is 6.26. The van der Waals surface area contributed by atoms with Crippen LogP contribution in [0.15, 0.2) is 12.3 Å². The second-order valence-electron chi connectivity index (χ2n) is 6.57. The molecule has 1 aromatic heterocycles. The molecule has 1 aromatic rings. The average molecular weight is 374 g/mol. The molecule has 1 atom stereocenters. The number of sulfonamides is 1. The molecule has 0 aromatic carbocycles. The van der Waals surface area contributed by atoms with Gasteiger partial charge >= 0.3 is 0 Å². The summed E-state index contributed by atoms with van der Waals surface area (Å²) < 4.78 is 49.7. The summed E-state index contributed by atoms with van der Waals surface area (Å²) in [5, 5.41) is 3.27. The van der Waals surface area contributed by atoms with Gasteiger partial charge in [0.25, 0.3) is 0 Å². The summed E-state index contributed by atoms with van der Waals surface area (Å²) in [6.07, 6.45) is 3.57. The minimum absolute atomic E-state index is 0.0346. The van der Waals surface area contributed by atoms with Crippen LogP contribution in [0, 0.1) is 5.92 Å². The van der Waals surface area contributed by atoms with Crippen molar-refractivity contribution in [3.63, 3.8) is 0 Å². The molecule has 0 bridgehead atoms. The van der Waals surface area contributed by atoms with Gasteiger partial charge in [0, 0.05) is 37.9 Å². The van der Waals surface area contributed by atoms with Crippen molar-refractivity contribution in [2.24, 2.45) is 5.92 Å². The van der Waals surface area contributed by atoms with E-state index in [0.717, 1.165) is 36.3 Å². The van der Waals surface area contributed by atoms with Crippen molar-refractivity contribution in [3.8, 4) is 0 Å². The largest absolute Gasteiger partial charge is 0.312 e. The Morgan fingerprint density at radius 1 is 1.38 bits per heavy atom. The molecule has 2 N–H and O–H groups in total. The van der Waals surface area contributed by atoms with E-state index in [4.69, 9.17) is 0 Å². The molecular weight excluding hydrogens is 350 g/mol. The number of rotatable bonds is 6. The van der Waals surface area contributed by atoms with Crippen molar-refractivity contribution in [1.29, 1.82) is 0 Å². The van der Waals surface area contributed by atoms with E-state index >= 15 is 0 Å². The van der Waals surface area contributed by atoms with Crippen LogP contribution in [0.5, 0.6) is 0 Å². The molecule has 24 heavy (non-hydrogen) atoms. The van der Waals surface area contributed by atoms with Gasteiger partial charge in [-0.2, -0.15) is 0 Å². The molecule has 7 nitrogen and oxygen atoms in total. The minimum Gasteiger partial charge on any atom is -0.312 e. The molecule has 3 heterocycles. The fraction of sp³-hybridized carbons (Fsp3) is 0.667. The van der Waals surface area contributed by atoms with Crippen LogP contribution in [-0.2, 0) is 39.4 Å². The van der Waals surface area contributed by atoms with Crippen LogP contribution >= 0.6 is 0 Å². The Morgan fingerprint density at radius 2 is 2.21 bits per heavy atom. The van der Waals surface area contributed by atoms with Crippen LogP contribution in [0.4, 0.5) is 0 Å². The predicted octanol–water partition coefficient (Wildman–Crippen LogP) is -0.0285. The molecule has 3 rings (SSSR count). The van der Waals surface area contributed by atoms with E-state index in [-0.39, 0.29) is 29.7 Å². The van der Waals surface area contributed by atoms with Crippen LogP contribution in [0.1, 0.15) is 29.7 Å². The monoisotopic (exact) mass is 373 g/mol. The number of aromatic nitrogens is 1. The zero-order chi connectivity index (χ0) is 17.2. The van der Waals surface area contributed by atoms with Crippen molar-refractivity contribution in [3.05, 3.63) is 29.1 Å². The van der Waals surface area contributed by atoms with Gasteiger partial charge in [0.2, 0.25) is 10.0 Å². The number of sulfone groups is 1. The first-order chi connectivity index (χ1) is 11.3. The lowest BCUT2D eigenvalue weighted by molar-refractivity contribution is 0.544. The number of pyridine rings is 1. The molecule has 2 aliphatic rings. The van der Waals surface area contributed by atoms with Gasteiger partial charge in [-0.3, -0.25) is 4.98 Å². The Bertz CT molecular complexity index is 806. The normalized spacial score (nSPS) is 23.1. The third-order valence-electron chi connectivity index (χ3n) is 4.59. The molecule has 0 amide bonds. The van der Waals surface area contributed by atoms with E-state index < -0.39 is 19.9 Å². The summed E-state index contributed by atoms with van der Waals surface area (Å²) in [7, 11) is -6.37. The second kappa shape index (κ2) is 7.07. The van der Waals surface area contributed by atoms with E-state index in [2.05, 4.69) is 15.0 Å². The molecule has 1 fully saturated rings. The minimum atomic E-state index is -3.41. The summed E-state index contributed by atoms with van der Waals surface area (Å²) in [5.74, 6) is 0.222. The highest BCUT2D eigenvalue weighted by Crippen LogP contribution is 2.22. The van der Waals surface area contributed by atoms with Crippen LogP contribution in [-0.4, -0.2) is 45.6 Å². The maximum Gasteiger partial charge on any atom is 0.211 e. The van der Waals surface area contributed by atoms with Crippen molar-refractivity contribution < 1.29 is 16.8 Å². The van der Waals surface area contributed by atoms with Crippen molar-refractivity contribution in [2.45, 2.75) is 32.4 Å². The number of fused-ring (bicyclic) bond motifs is 1. The number of nitrogens with zero attached hydrogens (tertiary/aromatic N) is 1. The van der Waals surface area contributed by atoms with Gasteiger partial charge in [-0.15, -0.1) is 0 Å². The van der Waals surface area contributed by atoms with E-state index in [0.29, 0.717) is 12.8 Å². The zero-order valence-electron chi connectivity index (χ0n) is 13.5. The van der Waals surface area contributed by atoms with Crippen LogP contribution in [0.25, 0.3) is 0 Å². The van der Waals surface area contributed by atoms with Gasteiger partial charge in [-0.25, -0.2) is 21.6 Å². The molecule has 9 heteroatoms. The van der Waals surface area contributed by atoms with Gasteiger partial charge < -0.3 is 5.32 Å². The number of hydrogen-bond acceptors (Lipinski definition) is 6. The first kappa shape index (κ1) is 17.8.